The molecule has 6 heteroatoms. The molecule has 1 aromatic carbocycles. The highest BCUT2D eigenvalue weighted by molar-refractivity contribution is 8.13. The summed E-state index contributed by atoms with van der Waals surface area (Å²) < 4.78 is 0. The molecule has 0 atom stereocenters. The summed E-state index contributed by atoms with van der Waals surface area (Å²) in [5.74, 6) is -2.40. The molecule has 0 radical (unpaired) electrons. The van der Waals surface area contributed by atoms with Crippen LogP contribution in [0, 0.1) is 0 Å². The first kappa shape index (κ1) is 14.2. The second-order valence-electron chi connectivity index (χ2n) is 3.52. The topological polar surface area (TPSA) is 91.7 Å². The maximum absolute atomic E-state index is 11.2. The standard InChI is InChI=1S/C12H12O5S/c1-3-7-8(11(14)15)4-5-9(18-6(2)13)10(7)12(16)17/h4-5H,3H2,1-2H3,(H,14,15)(H,16,17). The molecule has 2 N–H and O–H groups in total. The Morgan fingerprint density at radius 3 is 2.17 bits per heavy atom. The van der Waals surface area contributed by atoms with Crippen LogP contribution in [0.5, 0.6) is 0 Å². The van der Waals surface area contributed by atoms with Gasteiger partial charge in [-0.3, -0.25) is 4.79 Å². The molecule has 0 unspecified atom stereocenters. The number of carbonyl (C=O) groups is 3. The fraction of sp³-hybridized carbons (Fsp3) is 0.250. The number of hydrogen-bond acceptors (Lipinski definition) is 4. The zero-order valence-corrected chi connectivity index (χ0v) is 10.7. The van der Waals surface area contributed by atoms with Crippen molar-refractivity contribution in [2.24, 2.45) is 0 Å². The molecule has 0 aliphatic carbocycles. The Hall–Kier alpha value is -1.82. The molecule has 0 aliphatic heterocycles. The number of rotatable bonds is 4. The van der Waals surface area contributed by atoms with Gasteiger partial charge in [-0.25, -0.2) is 9.59 Å². The molecule has 1 rings (SSSR count). The zero-order chi connectivity index (χ0) is 13.9. The smallest absolute Gasteiger partial charge is 0.337 e. The van der Waals surface area contributed by atoms with Crippen LogP contribution < -0.4 is 0 Å². The normalized spacial score (nSPS) is 10.1. The summed E-state index contributed by atoms with van der Waals surface area (Å²) >= 11 is 0.791. The number of hydrogen-bond donors (Lipinski definition) is 2. The van der Waals surface area contributed by atoms with E-state index in [1.165, 1.54) is 19.1 Å². The summed E-state index contributed by atoms with van der Waals surface area (Å²) in [5.41, 5.74) is 0.0988. The lowest BCUT2D eigenvalue weighted by Gasteiger charge is -2.11. The number of carbonyl (C=O) groups excluding carboxylic acids is 1. The van der Waals surface area contributed by atoms with E-state index >= 15 is 0 Å². The molecule has 0 bridgehead atoms. The average molecular weight is 268 g/mol. The molecular weight excluding hydrogens is 256 g/mol. The number of thioether (sulfide) groups is 1. The van der Waals surface area contributed by atoms with Gasteiger partial charge in [-0.1, -0.05) is 18.7 Å². The highest BCUT2D eigenvalue weighted by atomic mass is 32.2. The van der Waals surface area contributed by atoms with Gasteiger partial charge in [0, 0.05) is 11.8 Å². The maximum atomic E-state index is 11.2. The van der Waals surface area contributed by atoms with E-state index < -0.39 is 11.9 Å². The van der Waals surface area contributed by atoms with Crippen LogP contribution in [0.3, 0.4) is 0 Å². The van der Waals surface area contributed by atoms with Crippen LogP contribution in [0.2, 0.25) is 0 Å². The predicted octanol–water partition coefficient (Wildman–Crippen LogP) is 2.28. The van der Waals surface area contributed by atoms with Crippen molar-refractivity contribution in [3.8, 4) is 0 Å². The lowest BCUT2D eigenvalue weighted by Crippen LogP contribution is -2.11. The first-order valence-corrected chi connectivity index (χ1v) is 6.01. The summed E-state index contributed by atoms with van der Waals surface area (Å²) in [6.07, 6.45) is 0.273. The van der Waals surface area contributed by atoms with E-state index in [0.29, 0.717) is 0 Å². The van der Waals surface area contributed by atoms with Crippen molar-refractivity contribution < 1.29 is 24.6 Å². The lowest BCUT2D eigenvalue weighted by molar-refractivity contribution is -0.109. The molecule has 0 aromatic heterocycles. The van der Waals surface area contributed by atoms with Gasteiger partial charge in [0.1, 0.15) is 0 Å². The molecule has 1 aromatic rings. The van der Waals surface area contributed by atoms with Gasteiger partial charge >= 0.3 is 11.9 Å². The minimum Gasteiger partial charge on any atom is -0.478 e. The van der Waals surface area contributed by atoms with Crippen molar-refractivity contribution in [3.63, 3.8) is 0 Å². The Morgan fingerprint density at radius 2 is 1.78 bits per heavy atom. The van der Waals surface area contributed by atoms with E-state index in [1.807, 2.05) is 0 Å². The molecule has 0 aliphatic rings. The Kier molecular flexibility index (Phi) is 4.49. The Balaban J connectivity index is 3.52. The number of carboxylic acid groups (broad SMARTS) is 2. The van der Waals surface area contributed by atoms with E-state index in [1.54, 1.807) is 6.92 Å². The monoisotopic (exact) mass is 268 g/mol. The zero-order valence-electron chi connectivity index (χ0n) is 9.89. The highest BCUT2D eigenvalue weighted by Crippen LogP contribution is 2.29. The summed E-state index contributed by atoms with van der Waals surface area (Å²) in [4.78, 5) is 33.6. The summed E-state index contributed by atoms with van der Waals surface area (Å²) in [5, 5.41) is 17.9. The molecule has 0 spiro atoms. The second kappa shape index (κ2) is 5.68. The molecule has 0 fully saturated rings. The third kappa shape index (κ3) is 2.89. The first-order chi connectivity index (χ1) is 8.38. The van der Waals surface area contributed by atoms with Gasteiger partial charge in [0.25, 0.3) is 0 Å². The van der Waals surface area contributed by atoms with Crippen LogP contribution in [0.4, 0.5) is 0 Å². The molecule has 96 valence electrons. The van der Waals surface area contributed by atoms with E-state index in [0.717, 1.165) is 11.8 Å². The van der Waals surface area contributed by atoms with E-state index in [-0.39, 0.29) is 33.1 Å². The van der Waals surface area contributed by atoms with Crippen molar-refractivity contribution in [2.75, 3.05) is 0 Å². The summed E-state index contributed by atoms with van der Waals surface area (Å²) in [6.45, 7) is 3.00. The Bertz CT molecular complexity index is 521. The molecule has 0 heterocycles. The van der Waals surface area contributed by atoms with Gasteiger partial charge in [0.2, 0.25) is 0 Å². The first-order valence-electron chi connectivity index (χ1n) is 5.19. The Labute approximate surface area is 108 Å². The van der Waals surface area contributed by atoms with Crippen LogP contribution in [-0.4, -0.2) is 27.3 Å². The number of benzene rings is 1. The average Bonchev–Trinajstić information content (AvgIpc) is 2.26. The van der Waals surface area contributed by atoms with Crippen LogP contribution in [0.25, 0.3) is 0 Å². The molecule has 18 heavy (non-hydrogen) atoms. The number of aromatic carboxylic acids is 2. The van der Waals surface area contributed by atoms with Crippen molar-refractivity contribution in [1.82, 2.24) is 0 Å². The van der Waals surface area contributed by atoms with Crippen molar-refractivity contribution in [3.05, 3.63) is 28.8 Å². The quantitative estimate of drug-likeness (QED) is 0.814. The van der Waals surface area contributed by atoms with Gasteiger partial charge in [0.05, 0.1) is 11.1 Å². The van der Waals surface area contributed by atoms with Crippen molar-refractivity contribution in [1.29, 1.82) is 0 Å². The molecule has 0 saturated heterocycles. The maximum Gasteiger partial charge on any atom is 0.337 e. The SMILES string of the molecule is CCc1c(C(=O)O)ccc(SC(C)=O)c1C(=O)O. The van der Waals surface area contributed by atoms with Crippen molar-refractivity contribution >= 4 is 28.8 Å². The fourth-order valence-corrected chi connectivity index (χ4v) is 2.43. The summed E-state index contributed by atoms with van der Waals surface area (Å²) in [7, 11) is 0. The van der Waals surface area contributed by atoms with E-state index in [2.05, 4.69) is 0 Å². The molecular formula is C12H12O5S. The fourth-order valence-electron chi connectivity index (χ4n) is 1.67. The van der Waals surface area contributed by atoms with Crippen LogP contribution in [0.15, 0.2) is 17.0 Å². The third-order valence-corrected chi connectivity index (χ3v) is 3.17. The largest absolute Gasteiger partial charge is 0.478 e. The van der Waals surface area contributed by atoms with Crippen molar-refractivity contribution in [2.45, 2.75) is 25.2 Å². The van der Waals surface area contributed by atoms with Gasteiger partial charge in [-0.05, 0) is 24.1 Å². The van der Waals surface area contributed by atoms with Crippen LogP contribution in [0.1, 0.15) is 40.1 Å². The summed E-state index contributed by atoms with van der Waals surface area (Å²) in [6, 6.07) is 2.69. The van der Waals surface area contributed by atoms with E-state index in [4.69, 9.17) is 5.11 Å². The molecule has 5 nitrogen and oxygen atoms in total. The van der Waals surface area contributed by atoms with Crippen LogP contribution >= 0.6 is 11.8 Å². The second-order valence-corrected chi connectivity index (χ2v) is 4.74. The number of carboxylic acids is 2. The van der Waals surface area contributed by atoms with Gasteiger partial charge in [-0.2, -0.15) is 0 Å². The van der Waals surface area contributed by atoms with Gasteiger partial charge in [-0.15, -0.1) is 0 Å². The molecule has 0 saturated carbocycles. The van der Waals surface area contributed by atoms with Gasteiger partial charge in [0.15, 0.2) is 5.12 Å². The van der Waals surface area contributed by atoms with Gasteiger partial charge < -0.3 is 10.2 Å². The van der Waals surface area contributed by atoms with E-state index in [9.17, 15) is 19.5 Å². The highest BCUT2D eigenvalue weighted by Gasteiger charge is 2.22. The minimum absolute atomic E-state index is 0.0391. The third-order valence-electron chi connectivity index (χ3n) is 2.33. The van der Waals surface area contributed by atoms with Crippen LogP contribution in [-0.2, 0) is 11.2 Å². The molecule has 0 amide bonds. The predicted molar refractivity (Wildman–Crippen MR) is 66.3 cm³/mol. The minimum atomic E-state index is -1.22. The Morgan fingerprint density at radius 1 is 1.17 bits per heavy atom. The lowest BCUT2D eigenvalue weighted by atomic mass is 9.99.